The van der Waals surface area contributed by atoms with Crippen LogP contribution in [-0.2, 0) is 17.8 Å². The van der Waals surface area contributed by atoms with Crippen LogP contribution in [0.1, 0.15) is 5.56 Å². The molecule has 29 heavy (non-hydrogen) atoms. The zero-order valence-corrected chi connectivity index (χ0v) is 16.4. The summed E-state index contributed by atoms with van der Waals surface area (Å²) in [7, 11) is 0. The molecule has 0 saturated carbocycles. The molecule has 0 aliphatic carbocycles. The van der Waals surface area contributed by atoms with Gasteiger partial charge in [0.15, 0.2) is 0 Å². The van der Waals surface area contributed by atoms with Crippen LogP contribution in [-0.4, -0.2) is 27.2 Å². The third kappa shape index (κ3) is 4.57. The van der Waals surface area contributed by atoms with E-state index in [4.69, 9.17) is 5.10 Å². The van der Waals surface area contributed by atoms with E-state index in [1.54, 1.807) is 41.9 Å². The molecule has 0 saturated heterocycles. The first-order valence-electron chi connectivity index (χ1n) is 9.22. The normalized spacial score (nSPS) is 10.8. The number of hydrogen-bond donors (Lipinski definition) is 1. The number of nitrogens with one attached hydrogen (secondary N) is 1. The molecule has 1 amide bonds. The summed E-state index contributed by atoms with van der Waals surface area (Å²) in [4.78, 5) is 17.3. The van der Waals surface area contributed by atoms with Gasteiger partial charge in [-0.15, -0.1) is 11.3 Å². The molecule has 1 aromatic carbocycles. The van der Waals surface area contributed by atoms with Crippen molar-refractivity contribution in [3.05, 3.63) is 83.9 Å². The molecule has 0 aliphatic heterocycles. The number of carbonyl (C=O) groups is 1. The quantitative estimate of drug-likeness (QED) is 0.501. The number of carbonyl (C=O) groups excluding carboxylic acids is 1. The number of thiophene rings is 1. The fourth-order valence-corrected chi connectivity index (χ4v) is 3.78. The van der Waals surface area contributed by atoms with Gasteiger partial charge in [0.1, 0.15) is 11.5 Å². The molecular formula is C22H19FN4OS. The van der Waals surface area contributed by atoms with Crippen molar-refractivity contribution < 1.29 is 9.18 Å². The summed E-state index contributed by atoms with van der Waals surface area (Å²) in [5, 5.41) is 9.58. The highest BCUT2D eigenvalue weighted by atomic mass is 32.1. The zero-order chi connectivity index (χ0) is 20.1. The van der Waals surface area contributed by atoms with Gasteiger partial charge in [0, 0.05) is 30.7 Å². The van der Waals surface area contributed by atoms with Gasteiger partial charge < -0.3 is 5.32 Å². The van der Waals surface area contributed by atoms with Crippen LogP contribution in [0.3, 0.4) is 0 Å². The number of hydrogen-bond acceptors (Lipinski definition) is 4. The smallest absolute Gasteiger partial charge is 0.224 e. The standard InChI is InChI=1S/C22H19FN4OS/c23-19-5-2-1-4-17(19)14-21(28)25-11-12-27-15-18(16-7-9-24-10-8-16)22(26-27)20-6-3-13-29-20/h1-10,13,15H,11-12,14H2,(H,25,28). The van der Waals surface area contributed by atoms with Gasteiger partial charge >= 0.3 is 0 Å². The molecule has 4 rings (SSSR count). The summed E-state index contributed by atoms with van der Waals surface area (Å²) >= 11 is 1.63. The number of rotatable bonds is 7. The Morgan fingerprint density at radius 1 is 1.10 bits per heavy atom. The summed E-state index contributed by atoms with van der Waals surface area (Å²) < 4.78 is 15.5. The lowest BCUT2D eigenvalue weighted by Gasteiger charge is -2.06. The van der Waals surface area contributed by atoms with Crippen molar-refractivity contribution >= 4 is 17.2 Å². The van der Waals surface area contributed by atoms with Crippen LogP contribution in [0.4, 0.5) is 4.39 Å². The van der Waals surface area contributed by atoms with Gasteiger partial charge in [-0.1, -0.05) is 24.3 Å². The van der Waals surface area contributed by atoms with E-state index < -0.39 is 0 Å². The van der Waals surface area contributed by atoms with Crippen LogP contribution in [0.2, 0.25) is 0 Å². The second kappa shape index (κ2) is 8.79. The summed E-state index contributed by atoms with van der Waals surface area (Å²) in [6.07, 6.45) is 5.52. The Labute approximate surface area is 171 Å². The molecule has 5 nitrogen and oxygen atoms in total. The maximum Gasteiger partial charge on any atom is 0.224 e. The minimum Gasteiger partial charge on any atom is -0.354 e. The van der Waals surface area contributed by atoms with E-state index in [1.165, 1.54) is 6.07 Å². The van der Waals surface area contributed by atoms with E-state index in [-0.39, 0.29) is 18.1 Å². The van der Waals surface area contributed by atoms with Gasteiger partial charge in [0.05, 0.1) is 17.8 Å². The number of benzene rings is 1. The first-order chi connectivity index (χ1) is 14.2. The second-order valence-corrected chi connectivity index (χ2v) is 7.43. The van der Waals surface area contributed by atoms with Crippen molar-refractivity contribution in [2.75, 3.05) is 6.54 Å². The Morgan fingerprint density at radius 2 is 1.93 bits per heavy atom. The van der Waals surface area contributed by atoms with Crippen molar-refractivity contribution in [3.63, 3.8) is 0 Å². The fourth-order valence-electron chi connectivity index (χ4n) is 3.06. The Hall–Kier alpha value is -3.32. The van der Waals surface area contributed by atoms with Gasteiger partial charge in [-0.3, -0.25) is 14.5 Å². The van der Waals surface area contributed by atoms with Crippen LogP contribution in [0.25, 0.3) is 21.7 Å². The third-order valence-corrected chi connectivity index (χ3v) is 5.36. The highest BCUT2D eigenvalue weighted by molar-refractivity contribution is 7.13. The molecule has 0 spiro atoms. The highest BCUT2D eigenvalue weighted by Gasteiger charge is 2.14. The van der Waals surface area contributed by atoms with Crippen LogP contribution in [0.15, 0.2) is 72.5 Å². The number of aromatic nitrogens is 3. The molecule has 0 fully saturated rings. The molecule has 3 heterocycles. The van der Waals surface area contributed by atoms with E-state index >= 15 is 0 Å². The average molecular weight is 406 g/mol. The van der Waals surface area contributed by atoms with Crippen molar-refractivity contribution in [2.24, 2.45) is 0 Å². The van der Waals surface area contributed by atoms with E-state index in [0.717, 1.165) is 21.7 Å². The Kier molecular flexibility index (Phi) is 5.76. The van der Waals surface area contributed by atoms with Crippen LogP contribution in [0.5, 0.6) is 0 Å². The minimum absolute atomic E-state index is 0.0223. The monoisotopic (exact) mass is 406 g/mol. The molecule has 7 heteroatoms. The Balaban J connectivity index is 1.44. The fraction of sp³-hybridized carbons (Fsp3) is 0.136. The topological polar surface area (TPSA) is 59.8 Å². The summed E-state index contributed by atoms with van der Waals surface area (Å²) in [5.74, 6) is -0.576. The van der Waals surface area contributed by atoms with E-state index in [2.05, 4.69) is 10.3 Å². The SMILES string of the molecule is O=C(Cc1ccccc1F)NCCn1cc(-c2ccncc2)c(-c2cccs2)n1. The molecule has 0 radical (unpaired) electrons. The lowest BCUT2D eigenvalue weighted by Crippen LogP contribution is -2.29. The minimum atomic E-state index is -0.364. The van der Waals surface area contributed by atoms with E-state index in [0.29, 0.717) is 18.7 Å². The number of nitrogens with zero attached hydrogens (tertiary/aromatic N) is 3. The number of halogens is 1. The Bertz CT molecular complexity index is 1090. The lowest BCUT2D eigenvalue weighted by atomic mass is 10.1. The molecule has 4 aromatic rings. The summed E-state index contributed by atoms with van der Waals surface area (Å²) in [6.45, 7) is 0.932. The second-order valence-electron chi connectivity index (χ2n) is 6.49. The van der Waals surface area contributed by atoms with Crippen LogP contribution >= 0.6 is 11.3 Å². The number of amides is 1. The predicted octanol–water partition coefficient (Wildman–Crippen LogP) is 4.17. The molecule has 0 unspecified atom stereocenters. The van der Waals surface area contributed by atoms with Crippen molar-refractivity contribution in [1.82, 2.24) is 20.1 Å². The van der Waals surface area contributed by atoms with Crippen molar-refractivity contribution in [3.8, 4) is 21.7 Å². The molecule has 0 atom stereocenters. The number of pyridine rings is 1. The van der Waals surface area contributed by atoms with E-state index in [9.17, 15) is 9.18 Å². The molecule has 1 N–H and O–H groups in total. The van der Waals surface area contributed by atoms with Crippen LogP contribution in [0, 0.1) is 5.82 Å². The molecular weight excluding hydrogens is 387 g/mol. The molecule has 146 valence electrons. The molecule has 3 aromatic heterocycles. The van der Waals surface area contributed by atoms with Gasteiger partial charge in [-0.2, -0.15) is 5.10 Å². The molecule has 0 bridgehead atoms. The predicted molar refractivity (Wildman–Crippen MR) is 112 cm³/mol. The largest absolute Gasteiger partial charge is 0.354 e. The van der Waals surface area contributed by atoms with Gasteiger partial charge in [0.25, 0.3) is 0 Å². The maximum atomic E-state index is 13.7. The van der Waals surface area contributed by atoms with Gasteiger partial charge in [-0.05, 0) is 40.8 Å². The first kappa shape index (κ1) is 19.0. The van der Waals surface area contributed by atoms with Crippen molar-refractivity contribution in [2.45, 2.75) is 13.0 Å². The van der Waals surface area contributed by atoms with Gasteiger partial charge in [0.2, 0.25) is 5.91 Å². The lowest BCUT2D eigenvalue weighted by molar-refractivity contribution is -0.120. The first-order valence-corrected chi connectivity index (χ1v) is 10.1. The highest BCUT2D eigenvalue weighted by Crippen LogP contribution is 2.33. The van der Waals surface area contributed by atoms with Crippen molar-refractivity contribution in [1.29, 1.82) is 0 Å². The zero-order valence-electron chi connectivity index (χ0n) is 15.6. The average Bonchev–Trinajstić information content (AvgIpc) is 3.40. The summed E-state index contributed by atoms with van der Waals surface area (Å²) in [6, 6.07) is 14.3. The van der Waals surface area contributed by atoms with Gasteiger partial charge in [-0.25, -0.2) is 4.39 Å². The Morgan fingerprint density at radius 3 is 2.69 bits per heavy atom. The maximum absolute atomic E-state index is 13.7. The van der Waals surface area contributed by atoms with E-state index in [1.807, 2.05) is 40.5 Å². The van der Waals surface area contributed by atoms with Crippen LogP contribution < -0.4 is 5.32 Å². The summed E-state index contributed by atoms with van der Waals surface area (Å²) in [5.41, 5.74) is 3.36. The molecule has 0 aliphatic rings. The third-order valence-electron chi connectivity index (χ3n) is 4.48.